The molecule has 2 N–H and O–H groups in total. The normalized spacial score (nSPS) is 22.0. The van der Waals surface area contributed by atoms with Crippen LogP contribution in [0.3, 0.4) is 0 Å². The number of aliphatic hydroxyl groups excluding tert-OH is 1. The summed E-state index contributed by atoms with van der Waals surface area (Å²) in [6, 6.07) is 9.36. The average molecular weight is 400 g/mol. The summed E-state index contributed by atoms with van der Waals surface area (Å²) in [6.07, 6.45) is 2.18. The molecule has 2 atom stereocenters. The van der Waals surface area contributed by atoms with Crippen LogP contribution in [0.4, 0.5) is 5.69 Å². The lowest BCUT2D eigenvalue weighted by atomic mass is 10.1. The van der Waals surface area contributed by atoms with Crippen molar-refractivity contribution in [3.63, 3.8) is 0 Å². The lowest BCUT2D eigenvalue weighted by Gasteiger charge is -2.25. The minimum absolute atomic E-state index is 0.221. The van der Waals surface area contributed by atoms with Gasteiger partial charge in [0.2, 0.25) is 0 Å². The molecular formula is C21H25N3O3S. The van der Waals surface area contributed by atoms with Gasteiger partial charge < -0.3 is 20.2 Å². The molecule has 28 heavy (non-hydrogen) atoms. The Balaban J connectivity index is 1.52. The molecule has 4 rings (SSSR count). The fraction of sp³-hybridized carbons (Fsp3) is 0.429. The molecule has 2 amide bonds. The summed E-state index contributed by atoms with van der Waals surface area (Å²) in [4.78, 5) is 31.1. The van der Waals surface area contributed by atoms with E-state index in [2.05, 4.69) is 17.3 Å². The summed E-state index contributed by atoms with van der Waals surface area (Å²) in [5.41, 5.74) is 1.42. The van der Waals surface area contributed by atoms with Gasteiger partial charge in [-0.3, -0.25) is 9.59 Å². The molecule has 2 aliphatic rings. The van der Waals surface area contributed by atoms with Crippen LogP contribution >= 0.6 is 11.3 Å². The number of carbonyl (C=O) groups excluding carboxylic acids is 2. The van der Waals surface area contributed by atoms with Gasteiger partial charge in [-0.1, -0.05) is 12.1 Å². The molecular weight excluding hydrogens is 374 g/mol. The third kappa shape index (κ3) is 3.45. The lowest BCUT2D eigenvalue weighted by molar-refractivity contribution is 0.0149. The number of rotatable bonds is 5. The number of nitrogens with one attached hydrogen (secondary N) is 1. The fourth-order valence-electron chi connectivity index (χ4n) is 4.15. The zero-order chi connectivity index (χ0) is 19.8. The summed E-state index contributed by atoms with van der Waals surface area (Å²) >= 11 is 1.41. The van der Waals surface area contributed by atoms with Gasteiger partial charge in [0, 0.05) is 23.0 Å². The van der Waals surface area contributed by atoms with Crippen LogP contribution in [-0.2, 0) is 0 Å². The number of thiophene rings is 1. The van der Waals surface area contributed by atoms with Gasteiger partial charge in [-0.25, -0.2) is 0 Å². The molecule has 1 aromatic heterocycles. The molecule has 3 heterocycles. The van der Waals surface area contributed by atoms with Crippen LogP contribution < -0.4 is 5.32 Å². The first-order chi connectivity index (χ1) is 13.5. The Kier molecular flexibility index (Phi) is 5.23. The predicted octanol–water partition coefficient (Wildman–Crippen LogP) is 3.24. The molecule has 0 radical (unpaired) electrons. The molecule has 2 aromatic rings. The molecule has 0 saturated carbocycles. The van der Waals surface area contributed by atoms with E-state index in [0.29, 0.717) is 34.3 Å². The average Bonchev–Trinajstić information content (AvgIpc) is 3.34. The zero-order valence-corrected chi connectivity index (χ0v) is 17.0. The number of anilines is 1. The highest BCUT2D eigenvalue weighted by molar-refractivity contribution is 7.14. The van der Waals surface area contributed by atoms with E-state index >= 15 is 0 Å². The zero-order valence-electron chi connectivity index (χ0n) is 16.1. The number of amides is 2. The standard InChI is InChI=1S/C21H25N3O3S/c1-13-8-9-17(28-13)19(25)22-16-7-3-6-15-18(16)21(27)24(20(15)26)12-10-14-5-4-11-23(14)2/h3,6-9,14,20,26H,4-5,10-12H2,1-2H3,(H,22,25). The molecule has 0 aliphatic carbocycles. The van der Waals surface area contributed by atoms with Crippen molar-refractivity contribution in [1.29, 1.82) is 0 Å². The predicted molar refractivity (Wildman–Crippen MR) is 110 cm³/mol. The summed E-state index contributed by atoms with van der Waals surface area (Å²) < 4.78 is 0. The van der Waals surface area contributed by atoms with Gasteiger partial charge in [-0.15, -0.1) is 11.3 Å². The van der Waals surface area contributed by atoms with Crippen LogP contribution in [0.1, 0.15) is 56.0 Å². The Hall–Kier alpha value is -2.22. The van der Waals surface area contributed by atoms with Gasteiger partial charge in [0.05, 0.1) is 16.1 Å². The number of aliphatic hydroxyl groups is 1. The van der Waals surface area contributed by atoms with Crippen molar-refractivity contribution in [3.05, 3.63) is 51.2 Å². The largest absolute Gasteiger partial charge is 0.369 e. The summed E-state index contributed by atoms with van der Waals surface area (Å²) in [7, 11) is 2.11. The van der Waals surface area contributed by atoms with Crippen molar-refractivity contribution in [2.24, 2.45) is 0 Å². The first-order valence-corrected chi connectivity index (χ1v) is 10.5. The number of fused-ring (bicyclic) bond motifs is 1. The number of carbonyl (C=O) groups is 2. The van der Waals surface area contributed by atoms with E-state index in [0.717, 1.165) is 24.3 Å². The molecule has 0 bridgehead atoms. The summed E-state index contributed by atoms with van der Waals surface area (Å²) in [6.45, 7) is 3.53. The third-order valence-corrected chi connectivity index (χ3v) is 6.73. The number of benzene rings is 1. The van der Waals surface area contributed by atoms with E-state index in [1.165, 1.54) is 22.7 Å². The van der Waals surface area contributed by atoms with E-state index in [9.17, 15) is 14.7 Å². The number of hydrogen-bond acceptors (Lipinski definition) is 5. The maximum Gasteiger partial charge on any atom is 0.265 e. The monoisotopic (exact) mass is 399 g/mol. The molecule has 1 aromatic carbocycles. The highest BCUT2D eigenvalue weighted by Gasteiger charge is 2.38. The molecule has 1 saturated heterocycles. The van der Waals surface area contributed by atoms with E-state index in [4.69, 9.17) is 0 Å². The lowest BCUT2D eigenvalue weighted by Crippen LogP contribution is -2.34. The van der Waals surface area contributed by atoms with Crippen molar-refractivity contribution in [2.75, 3.05) is 25.5 Å². The summed E-state index contributed by atoms with van der Waals surface area (Å²) in [5.74, 6) is -0.457. The second-order valence-electron chi connectivity index (χ2n) is 7.57. The second-order valence-corrected chi connectivity index (χ2v) is 8.86. The van der Waals surface area contributed by atoms with Gasteiger partial charge in [-0.05, 0) is 58.0 Å². The summed E-state index contributed by atoms with van der Waals surface area (Å²) in [5, 5.41) is 13.6. The van der Waals surface area contributed by atoms with E-state index in [-0.39, 0.29) is 11.8 Å². The highest BCUT2D eigenvalue weighted by atomic mass is 32.1. The van der Waals surface area contributed by atoms with Crippen LogP contribution in [0.2, 0.25) is 0 Å². The molecule has 7 heteroatoms. The van der Waals surface area contributed by atoms with Crippen LogP contribution in [0.5, 0.6) is 0 Å². The van der Waals surface area contributed by atoms with Crippen LogP contribution in [-0.4, -0.2) is 52.9 Å². The highest BCUT2D eigenvalue weighted by Crippen LogP contribution is 2.37. The van der Waals surface area contributed by atoms with Gasteiger partial charge in [0.25, 0.3) is 11.8 Å². The number of aryl methyl sites for hydroxylation is 1. The molecule has 2 aliphatic heterocycles. The third-order valence-electron chi connectivity index (χ3n) is 5.73. The van der Waals surface area contributed by atoms with Crippen LogP contribution in [0, 0.1) is 6.92 Å². The maximum atomic E-state index is 13.0. The molecule has 148 valence electrons. The van der Waals surface area contributed by atoms with Crippen molar-refractivity contribution in [3.8, 4) is 0 Å². The smallest absolute Gasteiger partial charge is 0.265 e. The number of hydrogen-bond donors (Lipinski definition) is 2. The van der Waals surface area contributed by atoms with Crippen LogP contribution in [0.15, 0.2) is 30.3 Å². The van der Waals surface area contributed by atoms with Gasteiger partial charge in [0.1, 0.15) is 0 Å². The Bertz CT molecular complexity index is 910. The Morgan fingerprint density at radius 1 is 1.32 bits per heavy atom. The van der Waals surface area contributed by atoms with E-state index in [1.807, 2.05) is 13.0 Å². The topological polar surface area (TPSA) is 72.9 Å². The second kappa shape index (κ2) is 7.66. The van der Waals surface area contributed by atoms with Gasteiger partial charge in [-0.2, -0.15) is 0 Å². The maximum absolute atomic E-state index is 13.0. The molecule has 6 nitrogen and oxygen atoms in total. The quantitative estimate of drug-likeness (QED) is 0.810. The van der Waals surface area contributed by atoms with Crippen molar-refractivity contribution >= 4 is 28.8 Å². The van der Waals surface area contributed by atoms with E-state index in [1.54, 1.807) is 24.3 Å². The minimum Gasteiger partial charge on any atom is -0.369 e. The van der Waals surface area contributed by atoms with Gasteiger partial charge >= 0.3 is 0 Å². The SMILES string of the molecule is Cc1ccc(C(=O)Nc2cccc3c2C(=O)N(CCC2CCCN2C)C3O)s1. The first kappa shape index (κ1) is 19.1. The van der Waals surface area contributed by atoms with E-state index < -0.39 is 6.23 Å². The Morgan fingerprint density at radius 2 is 2.14 bits per heavy atom. The molecule has 1 fully saturated rings. The first-order valence-electron chi connectivity index (χ1n) is 9.65. The Labute approximate surface area is 168 Å². The van der Waals surface area contributed by atoms with Crippen molar-refractivity contribution < 1.29 is 14.7 Å². The molecule has 2 unspecified atom stereocenters. The Morgan fingerprint density at radius 3 is 2.82 bits per heavy atom. The minimum atomic E-state index is -0.963. The number of likely N-dealkylation sites (tertiary alicyclic amines) is 1. The fourth-order valence-corrected chi connectivity index (χ4v) is 4.91. The van der Waals surface area contributed by atoms with Crippen molar-refractivity contribution in [1.82, 2.24) is 9.80 Å². The number of nitrogens with zero attached hydrogens (tertiary/aromatic N) is 2. The van der Waals surface area contributed by atoms with Crippen LogP contribution in [0.25, 0.3) is 0 Å². The van der Waals surface area contributed by atoms with Crippen molar-refractivity contribution in [2.45, 2.75) is 38.5 Å². The molecule has 0 spiro atoms. The van der Waals surface area contributed by atoms with Gasteiger partial charge in [0.15, 0.2) is 6.23 Å².